The summed E-state index contributed by atoms with van der Waals surface area (Å²) in [7, 11) is -3.36. The average molecular weight is 333 g/mol. The van der Waals surface area contributed by atoms with Gasteiger partial charge in [0.1, 0.15) is 5.75 Å². The molecular weight excluding hydrogens is 306 g/mol. The largest absolute Gasteiger partial charge is 0.481 e. The molecule has 0 heterocycles. The van der Waals surface area contributed by atoms with E-state index in [1.165, 1.54) is 26.2 Å². The molecule has 0 bridgehead atoms. The highest BCUT2D eigenvalue weighted by molar-refractivity contribution is 7.92. The second-order valence-electron chi connectivity index (χ2n) is 6.11. The van der Waals surface area contributed by atoms with Crippen LogP contribution in [-0.4, -0.2) is 42.9 Å². The summed E-state index contributed by atoms with van der Waals surface area (Å²) in [6, 6.07) is -0.251. The smallest absolute Gasteiger partial charge is 0.303 e. The van der Waals surface area contributed by atoms with Gasteiger partial charge in [0.25, 0.3) is 0 Å². The Bertz CT molecular complexity index is 468. The van der Waals surface area contributed by atoms with Gasteiger partial charge in [-0.25, -0.2) is 8.42 Å². The molecule has 0 aromatic heterocycles. The summed E-state index contributed by atoms with van der Waals surface area (Å²) in [5.74, 6) is -1.51. The average Bonchev–Trinajstić information content (AvgIpc) is 2.45. The summed E-state index contributed by atoms with van der Waals surface area (Å²) >= 11 is 0. The number of sulfone groups is 1. The number of carbonyl (C=O) groups excluding carboxylic acids is 1. The number of carboxylic acids is 1. The van der Waals surface area contributed by atoms with Gasteiger partial charge in [0.05, 0.1) is 0 Å². The molecule has 1 aliphatic carbocycles. The van der Waals surface area contributed by atoms with E-state index in [1.54, 1.807) is 0 Å². The Balaban J connectivity index is 2.56. The lowest BCUT2D eigenvalue weighted by atomic mass is 9.84. The summed E-state index contributed by atoms with van der Waals surface area (Å²) in [6.45, 7) is 1.51. The van der Waals surface area contributed by atoms with Crippen molar-refractivity contribution in [3.8, 4) is 0 Å². The third kappa shape index (κ3) is 7.77. The maximum Gasteiger partial charge on any atom is 0.303 e. The van der Waals surface area contributed by atoms with Crippen molar-refractivity contribution < 1.29 is 23.1 Å². The minimum Gasteiger partial charge on any atom is -0.481 e. The molecule has 0 saturated heterocycles. The Morgan fingerprint density at radius 2 is 1.86 bits per heavy atom. The lowest BCUT2D eigenvalue weighted by Crippen LogP contribution is -2.40. The molecule has 1 saturated carbocycles. The first kappa shape index (κ1) is 18.9. The van der Waals surface area contributed by atoms with Crippen molar-refractivity contribution in [1.82, 2.24) is 5.32 Å². The molecule has 1 unspecified atom stereocenters. The summed E-state index contributed by atoms with van der Waals surface area (Å²) in [5, 5.41) is 11.5. The van der Waals surface area contributed by atoms with E-state index in [4.69, 9.17) is 5.11 Å². The molecule has 0 aromatic rings. The van der Waals surface area contributed by atoms with Gasteiger partial charge in [0.2, 0.25) is 5.91 Å². The minimum atomic E-state index is -3.36. The first-order valence-electron chi connectivity index (χ1n) is 8.04. The number of amides is 1. The third-order valence-electron chi connectivity index (χ3n) is 4.21. The Morgan fingerprint density at radius 3 is 2.41 bits per heavy atom. The Labute approximate surface area is 132 Å². The number of hydrogen-bond acceptors (Lipinski definition) is 4. The van der Waals surface area contributed by atoms with Gasteiger partial charge >= 0.3 is 5.97 Å². The molecule has 1 aliphatic rings. The van der Waals surface area contributed by atoms with Crippen molar-refractivity contribution in [3.05, 3.63) is 0 Å². The molecule has 22 heavy (non-hydrogen) atoms. The monoisotopic (exact) mass is 333 g/mol. The molecule has 2 N–H and O–H groups in total. The molecule has 0 radical (unpaired) electrons. The van der Waals surface area contributed by atoms with Crippen molar-refractivity contribution in [2.45, 2.75) is 64.3 Å². The number of nitrogens with one attached hydrogen (secondary N) is 1. The zero-order valence-electron chi connectivity index (χ0n) is 13.2. The number of aliphatic carboxylic acids is 1. The van der Waals surface area contributed by atoms with Crippen LogP contribution in [0.5, 0.6) is 0 Å². The zero-order chi connectivity index (χ0) is 16.6. The van der Waals surface area contributed by atoms with Crippen LogP contribution in [0, 0.1) is 5.92 Å². The first-order chi connectivity index (χ1) is 10.3. The number of carboxylic acid groups (broad SMARTS) is 1. The van der Waals surface area contributed by atoms with Gasteiger partial charge in [0, 0.05) is 18.2 Å². The van der Waals surface area contributed by atoms with Crippen molar-refractivity contribution in [3.63, 3.8) is 0 Å². The van der Waals surface area contributed by atoms with Gasteiger partial charge in [-0.1, -0.05) is 39.0 Å². The molecule has 128 valence electrons. The fourth-order valence-electron chi connectivity index (χ4n) is 2.94. The van der Waals surface area contributed by atoms with Gasteiger partial charge in [-0.2, -0.15) is 0 Å². The zero-order valence-corrected chi connectivity index (χ0v) is 14.0. The van der Waals surface area contributed by atoms with E-state index < -0.39 is 27.5 Å². The normalized spacial score (nSPS) is 17.9. The van der Waals surface area contributed by atoms with Gasteiger partial charge in [-0.05, 0) is 18.8 Å². The summed E-state index contributed by atoms with van der Waals surface area (Å²) < 4.78 is 23.0. The van der Waals surface area contributed by atoms with Crippen LogP contribution < -0.4 is 5.32 Å². The SMILES string of the molecule is CCS(=O)(=O)CC(=O)NC(CCC(=O)O)CC1CCCCC1. The Hall–Kier alpha value is -1.11. The van der Waals surface area contributed by atoms with Crippen LogP contribution in [0.15, 0.2) is 0 Å². The summed E-state index contributed by atoms with van der Waals surface area (Å²) in [4.78, 5) is 22.6. The lowest BCUT2D eigenvalue weighted by Gasteiger charge is -2.27. The van der Waals surface area contributed by atoms with Crippen LogP contribution in [0.2, 0.25) is 0 Å². The predicted octanol–water partition coefficient (Wildman–Crippen LogP) is 1.74. The summed E-state index contributed by atoms with van der Waals surface area (Å²) in [5.41, 5.74) is 0. The van der Waals surface area contributed by atoms with Crippen LogP contribution in [0.25, 0.3) is 0 Å². The number of rotatable bonds is 9. The molecule has 7 heteroatoms. The molecule has 1 fully saturated rings. The first-order valence-corrected chi connectivity index (χ1v) is 9.86. The van der Waals surface area contributed by atoms with Crippen molar-refractivity contribution >= 4 is 21.7 Å². The molecule has 1 amide bonds. The van der Waals surface area contributed by atoms with E-state index in [2.05, 4.69) is 5.32 Å². The molecule has 0 aliphatic heterocycles. The van der Waals surface area contributed by atoms with Crippen LogP contribution in [0.4, 0.5) is 0 Å². The fourth-order valence-corrected chi connectivity index (χ4v) is 3.63. The number of carbonyl (C=O) groups is 2. The van der Waals surface area contributed by atoms with Crippen molar-refractivity contribution in [1.29, 1.82) is 0 Å². The molecular formula is C15H27NO5S. The highest BCUT2D eigenvalue weighted by Gasteiger charge is 2.23. The van der Waals surface area contributed by atoms with Crippen LogP contribution in [-0.2, 0) is 19.4 Å². The molecule has 1 rings (SSSR count). The molecule has 0 spiro atoms. The summed E-state index contributed by atoms with van der Waals surface area (Å²) in [6.07, 6.45) is 6.87. The molecule has 6 nitrogen and oxygen atoms in total. The highest BCUT2D eigenvalue weighted by Crippen LogP contribution is 2.28. The van der Waals surface area contributed by atoms with E-state index in [1.807, 2.05) is 0 Å². The van der Waals surface area contributed by atoms with Crippen LogP contribution >= 0.6 is 0 Å². The van der Waals surface area contributed by atoms with E-state index >= 15 is 0 Å². The molecule has 1 atom stereocenters. The topological polar surface area (TPSA) is 101 Å². The van der Waals surface area contributed by atoms with Gasteiger partial charge in [0.15, 0.2) is 9.84 Å². The van der Waals surface area contributed by atoms with Crippen LogP contribution in [0.1, 0.15) is 58.3 Å². The maximum absolute atomic E-state index is 11.9. The standard InChI is InChI=1S/C15H27NO5S/c1-2-22(20,21)11-14(17)16-13(8-9-15(18)19)10-12-6-4-3-5-7-12/h12-13H,2-11H2,1H3,(H,16,17)(H,18,19). The lowest BCUT2D eigenvalue weighted by molar-refractivity contribution is -0.137. The van der Waals surface area contributed by atoms with E-state index in [-0.39, 0.29) is 18.2 Å². The van der Waals surface area contributed by atoms with Crippen LogP contribution in [0.3, 0.4) is 0 Å². The van der Waals surface area contributed by atoms with Gasteiger partial charge in [-0.15, -0.1) is 0 Å². The van der Waals surface area contributed by atoms with Crippen molar-refractivity contribution in [2.24, 2.45) is 5.92 Å². The quantitative estimate of drug-likeness (QED) is 0.669. The Morgan fingerprint density at radius 1 is 1.23 bits per heavy atom. The number of hydrogen-bond donors (Lipinski definition) is 2. The fraction of sp³-hybridized carbons (Fsp3) is 0.867. The third-order valence-corrected chi connectivity index (χ3v) is 5.79. The van der Waals surface area contributed by atoms with Gasteiger partial charge in [-0.3, -0.25) is 9.59 Å². The predicted molar refractivity (Wildman–Crippen MR) is 84.3 cm³/mol. The van der Waals surface area contributed by atoms with Crippen molar-refractivity contribution in [2.75, 3.05) is 11.5 Å². The molecule has 0 aromatic carbocycles. The van der Waals surface area contributed by atoms with E-state index in [0.29, 0.717) is 12.3 Å². The highest BCUT2D eigenvalue weighted by atomic mass is 32.2. The second-order valence-corrected chi connectivity index (χ2v) is 8.47. The maximum atomic E-state index is 11.9. The van der Waals surface area contributed by atoms with E-state index in [9.17, 15) is 18.0 Å². The second kappa shape index (κ2) is 9.12. The van der Waals surface area contributed by atoms with E-state index in [0.717, 1.165) is 19.3 Å². The van der Waals surface area contributed by atoms with Gasteiger partial charge < -0.3 is 10.4 Å². The Kier molecular flexibility index (Phi) is 7.85. The minimum absolute atomic E-state index is 0.0157.